The fourth-order valence-corrected chi connectivity index (χ4v) is 2.63. The summed E-state index contributed by atoms with van der Waals surface area (Å²) in [4.78, 5) is 2.50. The number of para-hydroxylation sites is 1. The van der Waals surface area contributed by atoms with Crippen LogP contribution in [0.5, 0.6) is 5.75 Å². The molecule has 0 bridgehead atoms. The highest BCUT2D eigenvalue weighted by Gasteiger charge is 2.13. The molecule has 106 valence electrons. The van der Waals surface area contributed by atoms with E-state index < -0.39 is 0 Å². The zero-order chi connectivity index (χ0) is 13.5. The summed E-state index contributed by atoms with van der Waals surface area (Å²) in [7, 11) is 1.71. The quantitative estimate of drug-likeness (QED) is 0.786. The van der Waals surface area contributed by atoms with Crippen LogP contribution in [-0.2, 0) is 4.74 Å². The Kier molecular flexibility index (Phi) is 5.67. The molecule has 1 aromatic carbocycles. The lowest BCUT2D eigenvalue weighted by Crippen LogP contribution is -2.32. The molecule has 0 spiro atoms. The highest BCUT2D eigenvalue weighted by Crippen LogP contribution is 2.26. The lowest BCUT2D eigenvalue weighted by molar-refractivity contribution is 0.0429. The van der Waals surface area contributed by atoms with Gasteiger partial charge in [0.1, 0.15) is 5.75 Å². The molecule has 3 heteroatoms. The molecule has 1 aliphatic heterocycles. The van der Waals surface area contributed by atoms with Gasteiger partial charge in [-0.1, -0.05) is 24.6 Å². The predicted molar refractivity (Wildman–Crippen MR) is 77.7 cm³/mol. The van der Waals surface area contributed by atoms with E-state index in [1.165, 1.54) is 32.4 Å². The van der Waals surface area contributed by atoms with E-state index in [2.05, 4.69) is 17.9 Å². The fraction of sp³-hybridized carbons (Fsp3) is 0.625. The van der Waals surface area contributed by atoms with E-state index in [4.69, 9.17) is 9.47 Å². The zero-order valence-corrected chi connectivity index (χ0v) is 12.1. The van der Waals surface area contributed by atoms with E-state index in [9.17, 15) is 0 Å². The van der Waals surface area contributed by atoms with E-state index in [1.807, 2.05) is 18.2 Å². The van der Waals surface area contributed by atoms with E-state index in [1.54, 1.807) is 7.11 Å². The summed E-state index contributed by atoms with van der Waals surface area (Å²) in [6, 6.07) is 8.08. The number of methoxy groups -OCH3 is 1. The molecule has 1 fully saturated rings. The maximum atomic E-state index is 5.95. The summed E-state index contributed by atoms with van der Waals surface area (Å²) in [6.45, 7) is 6.38. The van der Waals surface area contributed by atoms with Crippen LogP contribution in [-0.4, -0.2) is 38.3 Å². The number of hydrogen-bond donors (Lipinski definition) is 0. The Labute approximate surface area is 116 Å². The first kappa shape index (κ1) is 14.4. The molecule has 2 rings (SSSR count). The third kappa shape index (κ3) is 4.22. The Morgan fingerprint density at radius 2 is 1.89 bits per heavy atom. The number of nitrogens with zero attached hydrogens (tertiary/aromatic N) is 1. The van der Waals surface area contributed by atoms with Crippen LogP contribution in [0.4, 0.5) is 0 Å². The summed E-state index contributed by atoms with van der Waals surface area (Å²) in [6.07, 6.45) is 4.14. The van der Waals surface area contributed by atoms with E-state index in [0.29, 0.717) is 0 Å². The molecule has 0 N–H and O–H groups in total. The van der Waals surface area contributed by atoms with Gasteiger partial charge in [-0.05, 0) is 38.9 Å². The molecule has 0 aliphatic carbocycles. The van der Waals surface area contributed by atoms with Crippen LogP contribution in [0.15, 0.2) is 24.3 Å². The van der Waals surface area contributed by atoms with Crippen molar-refractivity contribution >= 4 is 0 Å². The average Bonchev–Trinajstić information content (AvgIpc) is 2.48. The van der Waals surface area contributed by atoms with Gasteiger partial charge < -0.3 is 14.4 Å². The minimum absolute atomic E-state index is 0.0842. The van der Waals surface area contributed by atoms with Gasteiger partial charge in [-0.2, -0.15) is 0 Å². The van der Waals surface area contributed by atoms with Crippen molar-refractivity contribution in [1.82, 2.24) is 4.90 Å². The minimum atomic E-state index is 0.0842. The Bertz CT molecular complexity index is 375. The van der Waals surface area contributed by atoms with Gasteiger partial charge in [0.15, 0.2) is 0 Å². The lowest BCUT2D eigenvalue weighted by Gasteiger charge is -2.27. The number of hydrogen-bond acceptors (Lipinski definition) is 3. The number of likely N-dealkylation sites (tertiary alicyclic amines) is 1. The summed E-state index contributed by atoms with van der Waals surface area (Å²) >= 11 is 0. The molecule has 1 saturated heterocycles. The van der Waals surface area contributed by atoms with Crippen LogP contribution in [0.25, 0.3) is 0 Å². The van der Waals surface area contributed by atoms with Crippen LogP contribution in [0.3, 0.4) is 0 Å². The molecular weight excluding hydrogens is 238 g/mol. The van der Waals surface area contributed by atoms with Gasteiger partial charge in [-0.25, -0.2) is 0 Å². The highest BCUT2D eigenvalue weighted by atomic mass is 16.5. The molecule has 0 saturated carbocycles. The van der Waals surface area contributed by atoms with Gasteiger partial charge in [0.25, 0.3) is 0 Å². The minimum Gasteiger partial charge on any atom is -0.496 e. The normalized spacial score (nSPS) is 18.2. The van der Waals surface area contributed by atoms with Crippen LogP contribution in [0.1, 0.15) is 37.9 Å². The zero-order valence-electron chi connectivity index (χ0n) is 12.1. The number of ether oxygens (including phenoxy) is 2. The predicted octanol–water partition coefficient (Wildman–Crippen LogP) is 3.26. The van der Waals surface area contributed by atoms with Crippen molar-refractivity contribution in [2.45, 2.75) is 32.3 Å². The largest absolute Gasteiger partial charge is 0.496 e. The molecule has 1 atom stereocenters. The summed E-state index contributed by atoms with van der Waals surface area (Å²) in [5.74, 6) is 0.910. The van der Waals surface area contributed by atoms with Gasteiger partial charge in [0, 0.05) is 12.1 Å². The fourth-order valence-electron chi connectivity index (χ4n) is 2.63. The van der Waals surface area contributed by atoms with E-state index >= 15 is 0 Å². The average molecular weight is 263 g/mol. The van der Waals surface area contributed by atoms with Gasteiger partial charge >= 0.3 is 0 Å². The van der Waals surface area contributed by atoms with Crippen LogP contribution < -0.4 is 4.74 Å². The van der Waals surface area contributed by atoms with Crippen molar-refractivity contribution in [3.8, 4) is 5.75 Å². The monoisotopic (exact) mass is 263 g/mol. The first-order valence-corrected chi connectivity index (χ1v) is 7.28. The molecule has 19 heavy (non-hydrogen) atoms. The first-order chi connectivity index (χ1) is 9.31. The van der Waals surface area contributed by atoms with Crippen molar-refractivity contribution in [2.75, 3.05) is 33.4 Å². The Balaban J connectivity index is 1.78. The van der Waals surface area contributed by atoms with E-state index in [-0.39, 0.29) is 6.10 Å². The third-order valence-corrected chi connectivity index (χ3v) is 3.80. The summed E-state index contributed by atoms with van der Waals surface area (Å²) in [5.41, 5.74) is 1.13. The van der Waals surface area contributed by atoms with E-state index in [0.717, 1.165) is 24.5 Å². The Morgan fingerprint density at radius 3 is 2.63 bits per heavy atom. The van der Waals surface area contributed by atoms with Crippen LogP contribution >= 0.6 is 0 Å². The van der Waals surface area contributed by atoms with Crippen molar-refractivity contribution in [3.05, 3.63) is 29.8 Å². The first-order valence-electron chi connectivity index (χ1n) is 7.28. The van der Waals surface area contributed by atoms with Crippen molar-refractivity contribution < 1.29 is 9.47 Å². The van der Waals surface area contributed by atoms with Crippen molar-refractivity contribution in [1.29, 1.82) is 0 Å². The van der Waals surface area contributed by atoms with Crippen LogP contribution in [0, 0.1) is 0 Å². The van der Waals surface area contributed by atoms with Gasteiger partial charge in [-0.3, -0.25) is 0 Å². The SMILES string of the molecule is COc1ccccc1C(C)OCCN1CCCCC1. The second-order valence-corrected chi connectivity index (χ2v) is 5.16. The van der Waals surface area contributed by atoms with Gasteiger partial charge in [0.2, 0.25) is 0 Å². The molecule has 1 aliphatic rings. The Hall–Kier alpha value is -1.06. The summed E-state index contributed by atoms with van der Waals surface area (Å²) < 4.78 is 11.3. The molecular formula is C16H25NO2. The smallest absolute Gasteiger partial charge is 0.124 e. The maximum Gasteiger partial charge on any atom is 0.124 e. The highest BCUT2D eigenvalue weighted by molar-refractivity contribution is 5.34. The molecule has 0 amide bonds. The number of rotatable bonds is 6. The van der Waals surface area contributed by atoms with Crippen molar-refractivity contribution in [3.63, 3.8) is 0 Å². The maximum absolute atomic E-state index is 5.95. The lowest BCUT2D eigenvalue weighted by atomic mass is 10.1. The second-order valence-electron chi connectivity index (χ2n) is 5.16. The Morgan fingerprint density at radius 1 is 1.16 bits per heavy atom. The summed E-state index contributed by atoms with van der Waals surface area (Å²) in [5, 5.41) is 0. The molecule has 1 heterocycles. The van der Waals surface area contributed by atoms with Crippen molar-refractivity contribution in [2.24, 2.45) is 0 Å². The standard InChI is InChI=1S/C16H25NO2/c1-14(15-8-4-5-9-16(15)18-2)19-13-12-17-10-6-3-7-11-17/h4-5,8-9,14H,3,6-7,10-13H2,1-2H3. The number of piperidine rings is 1. The topological polar surface area (TPSA) is 21.7 Å². The molecule has 1 aromatic rings. The van der Waals surface area contributed by atoms with Gasteiger partial charge in [-0.15, -0.1) is 0 Å². The third-order valence-electron chi connectivity index (χ3n) is 3.80. The molecule has 0 aromatic heterocycles. The van der Waals surface area contributed by atoms with Crippen LogP contribution in [0.2, 0.25) is 0 Å². The second kappa shape index (κ2) is 7.51. The molecule has 3 nitrogen and oxygen atoms in total. The number of benzene rings is 1. The molecule has 0 radical (unpaired) electrons. The van der Waals surface area contributed by atoms with Gasteiger partial charge in [0.05, 0.1) is 19.8 Å². The molecule has 1 unspecified atom stereocenters.